The molecule has 3 fully saturated rings. The molecule has 0 bridgehead atoms. The van der Waals surface area contributed by atoms with Gasteiger partial charge in [0.05, 0.1) is 60.8 Å². The zero-order valence-corrected chi connectivity index (χ0v) is 38.3. The molecule has 2 aromatic carbocycles. The zero-order valence-electron chi connectivity index (χ0n) is 38.3. The monoisotopic (exact) mass is 951 g/mol. The fraction of sp³-hybridized carbons (Fsp3) is 0.417. The molecule has 4 N–H and O–H groups in total. The number of amides is 5. The summed E-state index contributed by atoms with van der Waals surface area (Å²) in [7, 11) is 0. The molecule has 1 atom stereocenters. The van der Waals surface area contributed by atoms with Crippen LogP contribution in [0.4, 0.5) is 20.2 Å². The minimum Gasteiger partial charge on any atom is -0.444 e. The van der Waals surface area contributed by atoms with Crippen LogP contribution in [0.25, 0.3) is 11.3 Å². The molecule has 1 saturated carbocycles. The van der Waals surface area contributed by atoms with E-state index in [1.54, 1.807) is 43.3 Å². The molecule has 69 heavy (non-hydrogen) atoms. The van der Waals surface area contributed by atoms with Gasteiger partial charge in [0.1, 0.15) is 18.1 Å². The van der Waals surface area contributed by atoms with Gasteiger partial charge in [0.25, 0.3) is 24.1 Å². The van der Waals surface area contributed by atoms with E-state index in [0.717, 1.165) is 42.9 Å². The van der Waals surface area contributed by atoms with Gasteiger partial charge in [-0.15, -0.1) is 0 Å². The topological polar surface area (TPSA) is 218 Å². The molecule has 4 aromatic rings. The van der Waals surface area contributed by atoms with Crippen LogP contribution in [-0.4, -0.2) is 139 Å². The number of aromatic nitrogens is 3. The molecular weight excluding hydrogens is 897 g/mol. The predicted octanol–water partition coefficient (Wildman–Crippen LogP) is 4.34. The smallest absolute Gasteiger partial charge is 0.284 e. The van der Waals surface area contributed by atoms with Crippen molar-refractivity contribution in [2.24, 2.45) is 10.9 Å². The second-order valence-electron chi connectivity index (χ2n) is 17.0. The maximum atomic E-state index is 14.1. The number of carbonyl (C=O) groups excluding carboxylic acids is 5. The molecule has 0 radical (unpaired) electrons. The van der Waals surface area contributed by atoms with Gasteiger partial charge in [0.2, 0.25) is 17.7 Å². The van der Waals surface area contributed by atoms with Crippen LogP contribution in [0.1, 0.15) is 87.4 Å². The van der Waals surface area contributed by atoms with E-state index in [0.29, 0.717) is 86.9 Å². The lowest BCUT2D eigenvalue weighted by molar-refractivity contribution is -0.136. The summed E-state index contributed by atoms with van der Waals surface area (Å²) in [5.41, 5.74) is 2.44. The van der Waals surface area contributed by atoms with Crippen molar-refractivity contribution in [2.75, 3.05) is 82.5 Å². The molecule has 1 aliphatic carbocycles. The Hall–Kier alpha value is -6.94. The normalized spacial score (nSPS) is 18.0. The van der Waals surface area contributed by atoms with Crippen molar-refractivity contribution in [3.05, 3.63) is 107 Å². The number of ether oxygens (including phenoxy) is 2. The standard InChI is InChI=1S/C48H55F2N11O8/c1-3-32(25-39(51-2)53-27-31-7-8-31)46-55-36(29-69-46)44(63)54-35-28-60(57-42(35)43(49)50)33-11-9-30(10-12-33)26-52-15-21-67-23-24-68-22-20-58-16-18-59(19-17-58)37-6-4-5-34-41(37)48(66)61(47(34)65)38-13-14-40(62)56-45(38)64/h3-6,9-12,25,28-29,31,38,43,52-53H,2,7-8,13-24,26-27H2,1H3,(H,54,63)(H,56,62,64)/b32-3+,39-25+. The number of allylic oxidation sites excluding steroid dienone is 3. The van der Waals surface area contributed by atoms with Gasteiger partial charge in [-0.05, 0) is 74.7 Å². The van der Waals surface area contributed by atoms with Gasteiger partial charge in [-0.25, -0.2) is 23.4 Å². The number of hydrogen-bond acceptors (Lipinski definition) is 15. The number of hydrogen-bond donors (Lipinski definition) is 4. The number of piperazine rings is 1. The van der Waals surface area contributed by atoms with Crippen molar-refractivity contribution in [1.29, 1.82) is 0 Å². The number of carbonyl (C=O) groups is 5. The molecule has 3 aliphatic heterocycles. The number of rotatable bonds is 23. The molecule has 4 aliphatic rings. The van der Waals surface area contributed by atoms with Crippen LogP contribution in [0.2, 0.25) is 0 Å². The van der Waals surface area contributed by atoms with Gasteiger partial charge in [-0.1, -0.05) is 24.3 Å². The summed E-state index contributed by atoms with van der Waals surface area (Å²) in [6.45, 7) is 12.7. The van der Waals surface area contributed by atoms with E-state index < -0.39 is 47.7 Å². The van der Waals surface area contributed by atoms with Crippen LogP contribution in [0, 0.1) is 5.92 Å². The van der Waals surface area contributed by atoms with Gasteiger partial charge in [-0.2, -0.15) is 5.10 Å². The largest absolute Gasteiger partial charge is 0.444 e. The number of nitrogens with one attached hydrogen (secondary N) is 4. The van der Waals surface area contributed by atoms with Crippen LogP contribution in [-0.2, 0) is 25.6 Å². The van der Waals surface area contributed by atoms with Crippen molar-refractivity contribution in [3.8, 4) is 5.69 Å². The predicted molar refractivity (Wildman–Crippen MR) is 250 cm³/mol. The van der Waals surface area contributed by atoms with E-state index in [1.807, 2.05) is 18.2 Å². The van der Waals surface area contributed by atoms with E-state index in [4.69, 9.17) is 13.9 Å². The van der Waals surface area contributed by atoms with Crippen LogP contribution < -0.4 is 26.2 Å². The number of aliphatic imine (C=N–C) groups is 1. The lowest BCUT2D eigenvalue weighted by Crippen LogP contribution is -2.54. The highest BCUT2D eigenvalue weighted by atomic mass is 19.3. The SMILES string of the molecule is C=N/C(=C\C(=C/C)c1nc(C(=O)Nc2cn(-c3ccc(CNCCOCCOCCN4CCN(c5cccc6c5C(=O)N(C5CCC(=O)NC5=O)C6=O)CC4)cc3)nc2C(F)F)co1)NCC1CC1. The fourth-order valence-corrected chi connectivity index (χ4v) is 8.25. The average molecular weight is 952 g/mol. The van der Waals surface area contributed by atoms with E-state index in [2.05, 4.69) is 52.9 Å². The average Bonchev–Trinajstić information content (AvgIpc) is 3.76. The second kappa shape index (κ2) is 22.4. The van der Waals surface area contributed by atoms with Gasteiger partial charge in [-0.3, -0.25) is 39.1 Å². The summed E-state index contributed by atoms with van der Waals surface area (Å²) >= 11 is 0. The number of piperidine rings is 1. The van der Waals surface area contributed by atoms with Gasteiger partial charge in [0, 0.05) is 64.4 Å². The summed E-state index contributed by atoms with van der Waals surface area (Å²) in [5.74, 6) is -1.49. The molecular formula is C48H55F2N11O8. The highest BCUT2D eigenvalue weighted by molar-refractivity contribution is 6.25. The number of fused-ring (bicyclic) bond motifs is 1. The lowest BCUT2D eigenvalue weighted by Gasteiger charge is -2.36. The quantitative estimate of drug-likeness (QED) is 0.0352. The summed E-state index contributed by atoms with van der Waals surface area (Å²) in [4.78, 5) is 77.7. The molecule has 0 spiro atoms. The van der Waals surface area contributed by atoms with Crippen molar-refractivity contribution in [3.63, 3.8) is 0 Å². The second-order valence-corrected chi connectivity index (χ2v) is 17.0. The van der Waals surface area contributed by atoms with Crippen LogP contribution >= 0.6 is 0 Å². The minimum absolute atomic E-state index is 0.0662. The van der Waals surface area contributed by atoms with Gasteiger partial charge < -0.3 is 34.7 Å². The third-order valence-corrected chi connectivity index (χ3v) is 12.3. The minimum atomic E-state index is -2.95. The maximum Gasteiger partial charge on any atom is 0.284 e. The van der Waals surface area contributed by atoms with Crippen LogP contribution in [0.5, 0.6) is 0 Å². The first kappa shape index (κ1) is 48.5. The van der Waals surface area contributed by atoms with E-state index in [9.17, 15) is 32.8 Å². The number of nitrogens with zero attached hydrogens (tertiary/aromatic N) is 7. The van der Waals surface area contributed by atoms with Crippen LogP contribution in [0.3, 0.4) is 0 Å². The fourth-order valence-electron chi connectivity index (χ4n) is 8.25. The number of benzene rings is 2. The number of alkyl halides is 2. The van der Waals surface area contributed by atoms with Crippen molar-refractivity contribution in [1.82, 2.24) is 40.5 Å². The molecule has 21 heteroatoms. The summed E-state index contributed by atoms with van der Waals surface area (Å²) < 4.78 is 46.6. The Morgan fingerprint density at radius 2 is 1.77 bits per heavy atom. The van der Waals surface area contributed by atoms with Crippen molar-refractivity contribution >= 4 is 53.2 Å². The number of anilines is 2. The molecule has 1 unspecified atom stereocenters. The Kier molecular flexibility index (Phi) is 15.8. The molecule has 2 aromatic heterocycles. The van der Waals surface area contributed by atoms with Crippen molar-refractivity contribution < 1.29 is 46.6 Å². The van der Waals surface area contributed by atoms with Gasteiger partial charge in [0.15, 0.2) is 11.4 Å². The van der Waals surface area contributed by atoms with E-state index in [-0.39, 0.29) is 35.7 Å². The summed E-state index contributed by atoms with van der Waals surface area (Å²) in [6, 6.07) is 11.4. The third kappa shape index (κ3) is 11.9. The number of oxazole rings is 1. The molecule has 19 nitrogen and oxygen atoms in total. The van der Waals surface area contributed by atoms with E-state index in [1.165, 1.54) is 23.7 Å². The Balaban J connectivity index is 0.708. The zero-order chi connectivity index (χ0) is 48.4. The summed E-state index contributed by atoms with van der Waals surface area (Å²) in [5, 5.41) is 15.4. The molecule has 5 heterocycles. The Labute approximate surface area is 397 Å². The Bertz CT molecular complexity index is 2600. The Morgan fingerprint density at radius 1 is 1.00 bits per heavy atom. The number of halogens is 2. The first-order valence-corrected chi connectivity index (χ1v) is 23.0. The highest BCUT2D eigenvalue weighted by Crippen LogP contribution is 2.35. The molecule has 8 rings (SSSR count). The lowest BCUT2D eigenvalue weighted by atomic mass is 10.0. The first-order valence-electron chi connectivity index (χ1n) is 23.0. The molecule has 2 saturated heterocycles. The maximum absolute atomic E-state index is 14.1. The summed E-state index contributed by atoms with van der Waals surface area (Å²) in [6.07, 6.45) is 5.53. The van der Waals surface area contributed by atoms with E-state index >= 15 is 0 Å². The van der Waals surface area contributed by atoms with Crippen molar-refractivity contribution in [2.45, 2.75) is 51.6 Å². The number of imide groups is 2. The Morgan fingerprint density at radius 3 is 2.48 bits per heavy atom. The third-order valence-electron chi connectivity index (χ3n) is 12.3. The van der Waals surface area contributed by atoms with Crippen LogP contribution in [0.15, 0.2) is 82.3 Å². The molecule has 5 amide bonds. The first-order chi connectivity index (χ1) is 33.5. The molecule has 364 valence electrons. The highest BCUT2D eigenvalue weighted by Gasteiger charge is 2.46. The van der Waals surface area contributed by atoms with Gasteiger partial charge >= 0.3 is 0 Å².